The molecular weight excluding hydrogens is 542 g/mol. The van der Waals surface area contributed by atoms with Gasteiger partial charge in [0.1, 0.15) is 17.4 Å². The number of carboxylic acid groups (broad SMARTS) is 1. The van der Waals surface area contributed by atoms with Crippen LogP contribution >= 0.6 is 0 Å². The van der Waals surface area contributed by atoms with E-state index in [2.05, 4.69) is 15.4 Å². The van der Waals surface area contributed by atoms with Gasteiger partial charge in [-0.3, -0.25) is 4.79 Å². The van der Waals surface area contributed by atoms with E-state index >= 15 is 0 Å². The Labute approximate surface area is 225 Å². The number of hydrogen-bond acceptors (Lipinski definition) is 3. The molecule has 0 unspecified atom stereocenters. The van der Waals surface area contributed by atoms with E-state index in [-0.39, 0.29) is 30.4 Å². The van der Waals surface area contributed by atoms with Gasteiger partial charge in [-0.25, -0.2) is 13.6 Å². The van der Waals surface area contributed by atoms with E-state index in [0.29, 0.717) is 11.6 Å². The maximum atomic E-state index is 14.8. The van der Waals surface area contributed by atoms with Gasteiger partial charge in [-0.1, -0.05) is 42.5 Å². The van der Waals surface area contributed by atoms with Crippen LogP contribution in [0.25, 0.3) is 0 Å². The van der Waals surface area contributed by atoms with Crippen molar-refractivity contribution in [1.29, 1.82) is 0 Å². The first kappa shape index (κ1) is 28.8. The number of amides is 2. The van der Waals surface area contributed by atoms with Gasteiger partial charge in [0.15, 0.2) is 0 Å². The normalized spacial score (nSPS) is 18.4. The van der Waals surface area contributed by atoms with Gasteiger partial charge in [0, 0.05) is 18.5 Å². The first-order chi connectivity index (χ1) is 18.9. The second-order valence-electron chi connectivity index (χ2n) is 9.52. The minimum atomic E-state index is -4.93. The molecule has 6 nitrogen and oxygen atoms in total. The lowest BCUT2D eigenvalue weighted by molar-refractivity contribution is -0.253. The van der Waals surface area contributed by atoms with Crippen LogP contribution in [0.1, 0.15) is 29.5 Å². The van der Waals surface area contributed by atoms with Crippen LogP contribution in [0.4, 0.5) is 31.1 Å². The Morgan fingerprint density at radius 1 is 0.925 bits per heavy atom. The molecule has 0 saturated heterocycles. The Balaban J connectivity index is 1.81. The maximum Gasteiger partial charge on any atom is 0.461 e. The molecule has 0 spiro atoms. The summed E-state index contributed by atoms with van der Waals surface area (Å²) >= 11 is 0. The van der Waals surface area contributed by atoms with Crippen molar-refractivity contribution in [3.05, 3.63) is 101 Å². The topological polar surface area (TPSA) is 87.7 Å². The zero-order valence-electron chi connectivity index (χ0n) is 20.7. The van der Waals surface area contributed by atoms with Crippen molar-refractivity contribution < 1.29 is 45.8 Å². The zero-order chi connectivity index (χ0) is 29.1. The van der Waals surface area contributed by atoms with Gasteiger partial charge >= 0.3 is 24.5 Å². The van der Waals surface area contributed by atoms with Crippen molar-refractivity contribution in [2.45, 2.75) is 43.4 Å². The molecule has 3 aromatic rings. The van der Waals surface area contributed by atoms with Crippen molar-refractivity contribution in [1.82, 2.24) is 10.6 Å². The van der Waals surface area contributed by atoms with E-state index in [1.54, 1.807) is 30.3 Å². The lowest BCUT2D eigenvalue weighted by Gasteiger charge is -2.39. The van der Waals surface area contributed by atoms with Gasteiger partial charge in [0.05, 0.1) is 11.5 Å². The molecule has 0 radical (unpaired) electrons. The summed E-state index contributed by atoms with van der Waals surface area (Å²) in [6.07, 6.45) is -8.90. The number of urea groups is 1. The Morgan fingerprint density at radius 3 is 2.17 bits per heavy atom. The monoisotopic (exact) mass is 566 g/mol. The van der Waals surface area contributed by atoms with Crippen molar-refractivity contribution in [3.8, 4) is 5.75 Å². The molecule has 0 aromatic heterocycles. The predicted molar refractivity (Wildman–Crippen MR) is 131 cm³/mol. The number of carbonyl (C=O) groups excluding carboxylic acids is 1. The van der Waals surface area contributed by atoms with Crippen molar-refractivity contribution in [2.24, 2.45) is 5.92 Å². The number of rotatable bonds is 10. The van der Waals surface area contributed by atoms with Crippen molar-refractivity contribution >= 4 is 12.0 Å². The number of carbonyl (C=O) groups is 2. The summed E-state index contributed by atoms with van der Waals surface area (Å²) in [5, 5.41) is 14.5. The Morgan fingerprint density at radius 2 is 1.57 bits per heavy atom. The van der Waals surface area contributed by atoms with Crippen LogP contribution in [0, 0.1) is 17.6 Å². The average Bonchev–Trinajstić information content (AvgIpc) is 2.85. The molecule has 1 aliphatic rings. The van der Waals surface area contributed by atoms with Crippen molar-refractivity contribution in [3.63, 3.8) is 0 Å². The van der Waals surface area contributed by atoms with Crippen LogP contribution in [0.2, 0.25) is 0 Å². The number of halogens is 6. The van der Waals surface area contributed by atoms with E-state index < -0.39 is 59.4 Å². The highest BCUT2D eigenvalue weighted by molar-refractivity contribution is 5.78. The third-order valence-corrected chi connectivity index (χ3v) is 6.67. The van der Waals surface area contributed by atoms with Crippen LogP contribution in [0.3, 0.4) is 0 Å². The van der Waals surface area contributed by atoms with Crippen LogP contribution in [0.15, 0.2) is 72.8 Å². The average molecular weight is 566 g/mol. The van der Waals surface area contributed by atoms with Gasteiger partial charge in [0.2, 0.25) is 0 Å². The highest BCUT2D eigenvalue weighted by atomic mass is 19.3. The van der Waals surface area contributed by atoms with Gasteiger partial charge in [-0.2, -0.15) is 17.6 Å². The molecular formula is C28H24F6N2O4. The zero-order valence-corrected chi connectivity index (χ0v) is 20.7. The summed E-state index contributed by atoms with van der Waals surface area (Å²) in [6, 6.07) is 14.3. The fraction of sp³-hybridized carbons (Fsp3) is 0.286. The minimum Gasteiger partial charge on any atom is -0.481 e. The molecule has 0 aliphatic heterocycles. The second-order valence-corrected chi connectivity index (χ2v) is 9.52. The van der Waals surface area contributed by atoms with E-state index in [0.717, 1.165) is 24.3 Å². The summed E-state index contributed by atoms with van der Waals surface area (Å²) in [5.74, 6) is -4.31. The third kappa shape index (κ3) is 6.49. The smallest absolute Gasteiger partial charge is 0.461 e. The largest absolute Gasteiger partial charge is 0.481 e. The third-order valence-electron chi connectivity index (χ3n) is 6.67. The molecule has 1 fully saturated rings. The lowest BCUT2D eigenvalue weighted by Crippen LogP contribution is -2.56. The number of hydrogen-bond donors (Lipinski definition) is 3. The van der Waals surface area contributed by atoms with Gasteiger partial charge in [-0.05, 0) is 53.8 Å². The molecule has 3 N–H and O–H groups in total. The highest BCUT2D eigenvalue weighted by Crippen LogP contribution is 2.38. The molecule has 40 heavy (non-hydrogen) atoms. The standard InChI is InChI=1S/C28H24F6N2O4/c29-20-8-6-18(7-9-20)27(15-16-4-2-1-3-5-16,36-26(39)35-22-10-17(11-22)24(37)38)19-12-21(30)14-23(13-19)40-28(33,34)25(31)32/h1-9,12-14,17,22,25H,10-11,15H2,(H,37,38)(H2,35,36,39)/t17-,22-,27-/m1/s1. The number of ether oxygens (including phenoxy) is 1. The SMILES string of the molecule is O=C(N[C@](Cc1ccccc1)(c1ccc(F)cc1)c1cc(F)cc(OC(F)(F)C(F)F)c1)N[C@H]1C[C@H](C(=O)O)C1. The quantitative estimate of drug-likeness (QED) is 0.269. The molecule has 0 heterocycles. The first-order valence-electron chi connectivity index (χ1n) is 12.2. The van der Waals surface area contributed by atoms with E-state index in [9.17, 15) is 35.9 Å². The highest BCUT2D eigenvalue weighted by Gasteiger charge is 2.45. The van der Waals surface area contributed by atoms with Gasteiger partial charge in [0.25, 0.3) is 0 Å². The van der Waals surface area contributed by atoms with Crippen LogP contribution in [-0.4, -0.2) is 35.7 Å². The van der Waals surface area contributed by atoms with E-state index in [1.807, 2.05) is 0 Å². The molecule has 1 aliphatic carbocycles. The number of benzene rings is 3. The van der Waals surface area contributed by atoms with Crippen LogP contribution < -0.4 is 15.4 Å². The molecule has 2 amide bonds. The fourth-order valence-corrected chi connectivity index (χ4v) is 4.62. The van der Waals surface area contributed by atoms with Gasteiger partial charge < -0.3 is 20.5 Å². The number of aliphatic carboxylic acids is 1. The summed E-state index contributed by atoms with van der Waals surface area (Å²) < 4.78 is 86.0. The second kappa shape index (κ2) is 11.5. The lowest BCUT2D eigenvalue weighted by atomic mass is 9.77. The number of carboxylic acids is 1. The molecule has 212 valence electrons. The molecule has 1 saturated carbocycles. The van der Waals surface area contributed by atoms with Crippen LogP contribution in [0.5, 0.6) is 5.75 Å². The molecule has 12 heteroatoms. The maximum absolute atomic E-state index is 14.8. The van der Waals surface area contributed by atoms with Crippen molar-refractivity contribution in [2.75, 3.05) is 0 Å². The Hall–Kier alpha value is -4.22. The number of alkyl halides is 4. The Bertz CT molecular complexity index is 1350. The Kier molecular flexibility index (Phi) is 8.26. The van der Waals surface area contributed by atoms with E-state index in [4.69, 9.17) is 5.11 Å². The van der Waals surface area contributed by atoms with E-state index in [1.165, 1.54) is 12.1 Å². The molecule has 0 bridgehead atoms. The molecule has 1 atom stereocenters. The fourth-order valence-electron chi connectivity index (χ4n) is 4.62. The summed E-state index contributed by atoms with van der Waals surface area (Å²) in [7, 11) is 0. The van der Waals surface area contributed by atoms with Gasteiger partial charge in [-0.15, -0.1) is 0 Å². The predicted octanol–water partition coefficient (Wildman–Crippen LogP) is 5.85. The van der Waals surface area contributed by atoms with Crippen LogP contribution in [-0.2, 0) is 16.8 Å². The molecule has 3 aromatic carbocycles. The summed E-state index contributed by atoms with van der Waals surface area (Å²) in [5.41, 5.74) is -1.11. The molecule has 4 rings (SSSR count). The summed E-state index contributed by atoms with van der Waals surface area (Å²) in [6.45, 7) is 0. The minimum absolute atomic E-state index is 0.108. The summed E-state index contributed by atoms with van der Waals surface area (Å²) in [4.78, 5) is 24.4. The first-order valence-corrected chi connectivity index (χ1v) is 12.2. The number of nitrogens with one attached hydrogen (secondary N) is 2.